The van der Waals surface area contributed by atoms with Gasteiger partial charge in [0.15, 0.2) is 0 Å². The van der Waals surface area contributed by atoms with Gasteiger partial charge in [-0.3, -0.25) is 27.5 Å². The molecule has 3 rings (SSSR count). The van der Waals surface area contributed by atoms with E-state index in [2.05, 4.69) is 104 Å². The van der Waals surface area contributed by atoms with Crippen molar-refractivity contribution in [1.29, 1.82) is 0 Å². The summed E-state index contributed by atoms with van der Waals surface area (Å²) < 4.78 is 97.6. The number of halogens is 1. The van der Waals surface area contributed by atoms with Crippen LogP contribution in [-0.4, -0.2) is 175 Å². The Labute approximate surface area is 883 Å². The minimum absolute atomic E-state index is 0. The van der Waals surface area contributed by atoms with Crippen molar-refractivity contribution in [3.63, 3.8) is 0 Å². The quantitative estimate of drug-likeness (QED) is 0.00352. The van der Waals surface area contributed by atoms with E-state index in [1.54, 1.807) is 78.9 Å². The zero-order valence-corrected chi connectivity index (χ0v) is 90.6. The third kappa shape index (κ3) is 168. The van der Waals surface area contributed by atoms with Crippen LogP contribution >= 0.6 is 10.7 Å². The molecule has 0 atom stereocenters. The van der Waals surface area contributed by atoms with Gasteiger partial charge in [0.25, 0.3) is 29.3 Å². The van der Waals surface area contributed by atoms with Crippen LogP contribution in [0.5, 0.6) is 0 Å². The summed E-state index contributed by atoms with van der Waals surface area (Å²) >= 11 is 0. The number of allylic oxidation sites excluding steroid dienone is 11. The largest absolute Gasteiger partial charge is 1.00 e. The molecule has 0 heterocycles. The molecule has 11 N–H and O–H groups in total. The van der Waals surface area contributed by atoms with Crippen LogP contribution in [0.4, 0.5) is 0 Å². The van der Waals surface area contributed by atoms with E-state index in [0.29, 0.717) is 65.5 Å². The summed E-state index contributed by atoms with van der Waals surface area (Å²) in [5, 5.41) is 49.4. The first-order valence-electron chi connectivity index (χ1n) is 46.8. The minimum atomic E-state index is -3.66. The van der Waals surface area contributed by atoms with Crippen LogP contribution in [0.3, 0.4) is 0 Å². The third-order valence-electron chi connectivity index (χ3n) is 16.5. The normalized spacial score (nSPS) is 9.77. The van der Waals surface area contributed by atoms with Gasteiger partial charge >= 0.3 is 53.4 Å². The Bertz CT molecular complexity index is 3520. The first-order valence-corrected chi connectivity index (χ1v) is 51.9. The van der Waals surface area contributed by atoms with Crippen LogP contribution in [0.2, 0.25) is 0 Å². The molecule has 30 heteroatoms. The molecule has 822 valence electrons. The van der Waals surface area contributed by atoms with Gasteiger partial charge in [-0.1, -0.05) is 286 Å². The van der Waals surface area contributed by atoms with Gasteiger partial charge in [0.2, 0.25) is 0 Å². The van der Waals surface area contributed by atoms with Gasteiger partial charge in [-0.15, -0.1) is 32.9 Å². The summed E-state index contributed by atoms with van der Waals surface area (Å²) in [6, 6.07) is 19.6. The van der Waals surface area contributed by atoms with E-state index < -0.39 is 29.3 Å². The molecule has 0 unspecified atom stereocenters. The monoisotopic (exact) mass is 2080 g/mol. The molecular formula is C110H205ClNaO25S3-. The van der Waals surface area contributed by atoms with Crippen molar-refractivity contribution in [3.8, 4) is 0 Å². The number of carbonyl (C=O) groups excluding carboxylic acids is 4. The maximum Gasteiger partial charge on any atom is 1.00 e. The summed E-state index contributed by atoms with van der Waals surface area (Å²) in [5.41, 5.74) is 3.03. The average molecular weight is 2080 g/mol. The van der Waals surface area contributed by atoms with Crippen molar-refractivity contribution in [2.24, 2.45) is 0 Å². The van der Waals surface area contributed by atoms with E-state index in [1.165, 1.54) is 110 Å². The second kappa shape index (κ2) is 143. The van der Waals surface area contributed by atoms with Gasteiger partial charge in [-0.2, -0.15) is 37.6 Å². The van der Waals surface area contributed by atoms with Crippen LogP contribution in [0.15, 0.2) is 212 Å². The third-order valence-corrected chi connectivity index (χ3v) is 20.5. The second-order valence-electron chi connectivity index (χ2n) is 30.1. The topological polar surface area (TPSA) is 440 Å². The van der Waals surface area contributed by atoms with Gasteiger partial charge < -0.3 is 71.9 Å². The first kappa shape index (κ1) is 176. The molecule has 3 aromatic carbocycles. The molecule has 0 saturated carbocycles. The number of aliphatic hydroxyl groups excluding tert-OH is 6. The fraction of sp³-hybridized carbons (Fsp3) is 0.609. The number of esters is 4. The molecule has 0 aliphatic rings. The van der Waals surface area contributed by atoms with Crippen LogP contribution in [0.1, 0.15) is 360 Å². The number of aryl methyl sites for hydroxylation is 3. The number of ether oxygens (including phenoxy) is 4. The standard InChI is InChI=1S/C19H28O5S.C14H24O2.C12H20O2.C11H14O3S.C10H18O2.C8H18O2.C8H16O.C7H7ClO2S.C4H10O2.C4H8O.C4H9.C4H8.5CH4.Na.3H2O/c1-17-11-13-19(14-12-17)25(21,22)24-16-10-8-6-4-3-5-7-9-15-23-18(2)20;1-3-4-5-6-7-8-9-10-11-12-13-16-14(2)15;1-3-4-5-6-7-8-9-10-11-14-12(2)13;1-3-4-9-14-15(12,13)11-7-5-10(2)6-8-11;1-3-4-5-6-7-8-9-12-10(2)11;9-7-5-3-1-2-4-6-8-10;1-2-3-4-5-6-7-8-9;1-6-2-4-7(5-3-6)11(8,9)10;5-3-1-2-4-6;1-2-3-4-5;1-4(2)3;1-3-4-2;;;;;;;;;/h6,8,11-14H,3-5,7,9-10,15-16H2,1-2H3;4-7H,3,8-13H2,1-2H3;3-5H,1,6-11H2,2H3;3,5-8H,1,4,9H2,2H3;3H,1,4-9H2,2H3;9-10H,1-8H2;2,9H,1,3-8H2;2-5H,1H3;5-6H,1-4H2;2,5H,1,3-4H2;1-3H3;3H,1,4H2,2H3;5*1H4;;3*1H2/q;;;;;;;;;;-1;;;;;;;+1;;;/p-1. The predicted octanol–water partition coefficient (Wildman–Crippen LogP) is 23.6. The number of aliphatic hydroxyl groups is 6. The van der Waals surface area contributed by atoms with Crippen molar-refractivity contribution in [1.82, 2.24) is 0 Å². The maximum absolute atomic E-state index is 12.0. The zero-order valence-electron chi connectivity index (χ0n) is 85.4. The van der Waals surface area contributed by atoms with E-state index in [9.17, 15) is 44.4 Å². The van der Waals surface area contributed by atoms with Gasteiger partial charge in [0.05, 0.1) is 54.3 Å². The van der Waals surface area contributed by atoms with E-state index in [1.807, 2.05) is 57.2 Å². The number of hydrogen-bond acceptors (Lipinski definition) is 23. The maximum atomic E-state index is 12.0. The summed E-state index contributed by atoms with van der Waals surface area (Å²) in [6.45, 7) is 47.2. The molecule has 25 nitrogen and oxygen atoms in total. The first-order chi connectivity index (χ1) is 62.6. The van der Waals surface area contributed by atoms with E-state index in [-0.39, 0.29) is 155 Å². The Morgan fingerprint density at radius 3 is 0.786 bits per heavy atom. The Morgan fingerprint density at radius 2 is 0.543 bits per heavy atom. The number of benzene rings is 3. The molecule has 3 aromatic rings. The number of carbonyl (C=O) groups is 4. The molecule has 0 aliphatic heterocycles. The molecule has 0 saturated heterocycles. The Kier molecular flexibility index (Phi) is 180. The van der Waals surface area contributed by atoms with Crippen LogP contribution in [0.25, 0.3) is 0 Å². The van der Waals surface area contributed by atoms with Gasteiger partial charge in [0.1, 0.15) is 0 Å². The molecule has 0 radical (unpaired) electrons. The number of unbranched alkanes of at least 4 members (excludes halogenated alkanes) is 26. The smallest absolute Gasteiger partial charge is 0.870 e. The average Bonchev–Trinajstić information content (AvgIpc) is 0.834. The zero-order chi connectivity index (χ0) is 101. The van der Waals surface area contributed by atoms with Crippen LogP contribution < -0.4 is 29.6 Å². The fourth-order valence-electron chi connectivity index (χ4n) is 9.29. The number of rotatable bonds is 61. The van der Waals surface area contributed by atoms with E-state index in [4.69, 9.17) is 68.6 Å². The summed E-state index contributed by atoms with van der Waals surface area (Å²) in [5.74, 6) is 0.653. The summed E-state index contributed by atoms with van der Waals surface area (Å²) in [6.07, 6.45) is 67.1. The van der Waals surface area contributed by atoms with Crippen molar-refractivity contribution in [2.45, 2.75) is 379 Å². The SMILES string of the molecule is C.C.C.C.C.C=CC=CCCCCCCOC(C)=O.C=CCC.C=CCCCCCCO.C=CCCCCCCOC(C)=O.C=CCCO.C=CCCOS(=O)(=O)c1ccc(C)cc1.CC(=O)OCCCCCCC=CCCOS(=O)(=O)c1ccc(C)cc1.CCC=CC=CCCCCCCOC(C)=O.C[C-](C)C.Cc1ccc(S(=O)(=O)Cl)cc1.O.O.OCCCCCCCCO.OCCCCO.[Na+].[OH-]. The molecule has 140 heavy (non-hydrogen) atoms. The van der Waals surface area contributed by atoms with Crippen molar-refractivity contribution in [2.75, 3.05) is 79.3 Å². The Hall–Kier alpha value is -6.36. The predicted molar refractivity (Wildman–Crippen MR) is 590 cm³/mol. The second-order valence-corrected chi connectivity index (χ2v) is 35.9. The number of hydrogen-bond donors (Lipinski definition) is 6. The van der Waals surface area contributed by atoms with Crippen LogP contribution in [0, 0.1) is 26.7 Å². The Morgan fingerprint density at radius 1 is 0.314 bits per heavy atom. The molecule has 0 spiro atoms. The van der Waals surface area contributed by atoms with Crippen molar-refractivity contribution < 1.29 is 148 Å². The molecule has 0 bridgehead atoms. The van der Waals surface area contributed by atoms with E-state index in [0.717, 1.165) is 177 Å². The molecule has 0 fully saturated rings. The Balaban J connectivity index is -0.0000000743. The summed E-state index contributed by atoms with van der Waals surface area (Å²) in [4.78, 5) is 42.3. The van der Waals surface area contributed by atoms with Gasteiger partial charge in [-0.05, 0) is 211 Å². The van der Waals surface area contributed by atoms with Crippen molar-refractivity contribution in [3.05, 3.63) is 220 Å². The van der Waals surface area contributed by atoms with Crippen LogP contribution in [-0.2, 0) is 75.8 Å². The molecule has 0 amide bonds. The van der Waals surface area contributed by atoms with Gasteiger partial charge in [-0.25, -0.2) is 8.42 Å². The fourth-order valence-corrected chi connectivity index (χ4v) is 11.9. The minimum Gasteiger partial charge on any atom is -0.870 e. The molecular weight excluding hydrogens is 1880 g/mol. The van der Waals surface area contributed by atoms with Gasteiger partial charge in [0, 0.05) is 78.0 Å². The molecule has 0 aromatic heterocycles. The molecule has 0 aliphatic carbocycles. The van der Waals surface area contributed by atoms with E-state index >= 15 is 0 Å². The summed E-state index contributed by atoms with van der Waals surface area (Å²) in [7, 11) is -5.72. The van der Waals surface area contributed by atoms with Crippen molar-refractivity contribution >= 4 is 63.8 Å².